The van der Waals surface area contributed by atoms with Crippen molar-refractivity contribution in [2.75, 3.05) is 0 Å². The van der Waals surface area contributed by atoms with Crippen LogP contribution in [0.15, 0.2) is 115 Å². The monoisotopic (exact) mass is 738 g/mol. The molecule has 0 atom stereocenters. The Morgan fingerprint density at radius 1 is 0.291 bits per heavy atom. The molecule has 1 heteroatoms. The van der Waals surface area contributed by atoms with Crippen molar-refractivity contribution in [1.82, 2.24) is 0 Å². The van der Waals surface area contributed by atoms with Crippen molar-refractivity contribution in [1.29, 1.82) is 0 Å². The van der Waals surface area contributed by atoms with E-state index >= 15 is 0 Å². The summed E-state index contributed by atoms with van der Waals surface area (Å²) in [6.45, 7) is 27.7. The van der Waals surface area contributed by atoms with Gasteiger partial charge < -0.3 is 0 Å². The van der Waals surface area contributed by atoms with E-state index in [1.54, 1.807) is 0 Å². The zero-order valence-corrected chi connectivity index (χ0v) is 35.6. The molecule has 278 valence electrons. The summed E-state index contributed by atoms with van der Waals surface area (Å²) in [7, 11) is 0. The van der Waals surface area contributed by atoms with Gasteiger partial charge in [0.2, 0.25) is 0 Å². The molecular formula is C54H55Cl. The van der Waals surface area contributed by atoms with Gasteiger partial charge in [0.15, 0.2) is 0 Å². The Hall–Kier alpha value is -4.65. The number of hydrogen-bond donors (Lipinski definition) is 0. The highest BCUT2D eigenvalue weighted by atomic mass is 35.5. The maximum Gasteiger partial charge on any atom is 0.0412 e. The lowest BCUT2D eigenvalue weighted by Gasteiger charge is -2.25. The number of benzene rings is 8. The van der Waals surface area contributed by atoms with Crippen molar-refractivity contribution in [2.45, 2.75) is 105 Å². The van der Waals surface area contributed by atoms with Gasteiger partial charge in [-0.05, 0) is 156 Å². The first-order valence-corrected chi connectivity index (χ1v) is 20.3. The van der Waals surface area contributed by atoms with Crippen LogP contribution in [0.5, 0.6) is 0 Å². The summed E-state index contributed by atoms with van der Waals surface area (Å²) in [5.74, 6) is 0. The van der Waals surface area contributed by atoms with Gasteiger partial charge >= 0.3 is 0 Å². The van der Waals surface area contributed by atoms with Crippen LogP contribution < -0.4 is 0 Å². The molecule has 0 aliphatic carbocycles. The third kappa shape index (κ3) is 6.61. The standard InChI is InChI=1S/C54H55Cl/c1-51(2,3)34-19-17-32-23-36(53(7,8)9)27-44(42(32)25-34)47-30-49-41-22-21-38(55)29-46(41)50(31-48(49)40-16-14-13-15-39(40)47)45-28-37(54(10,11)12)24-33-18-20-35(26-43(33)45)52(4,5)6/h13-31H,1-12H3. The Kier molecular flexibility index (Phi) is 8.60. The van der Waals surface area contributed by atoms with E-state index in [9.17, 15) is 0 Å². The average molecular weight is 739 g/mol. The molecule has 0 aromatic heterocycles. The molecule has 0 fully saturated rings. The molecule has 0 nitrogen and oxygen atoms in total. The quantitative estimate of drug-likeness (QED) is 0.155. The summed E-state index contributed by atoms with van der Waals surface area (Å²) in [5.41, 5.74) is 10.4. The van der Waals surface area contributed by atoms with E-state index in [0.29, 0.717) is 0 Å². The van der Waals surface area contributed by atoms with Crippen LogP contribution in [0.1, 0.15) is 105 Å². The van der Waals surface area contributed by atoms with Crippen LogP contribution in [-0.4, -0.2) is 0 Å². The fourth-order valence-corrected chi connectivity index (χ4v) is 8.55. The van der Waals surface area contributed by atoms with E-state index in [1.165, 1.54) is 98.4 Å². The Morgan fingerprint density at radius 2 is 0.691 bits per heavy atom. The third-order valence-electron chi connectivity index (χ3n) is 11.9. The van der Waals surface area contributed by atoms with Gasteiger partial charge in [-0.2, -0.15) is 0 Å². The highest BCUT2D eigenvalue weighted by molar-refractivity contribution is 6.33. The summed E-state index contributed by atoms with van der Waals surface area (Å²) in [6, 6.07) is 44.4. The molecule has 0 spiro atoms. The van der Waals surface area contributed by atoms with Gasteiger partial charge in [0.25, 0.3) is 0 Å². The van der Waals surface area contributed by atoms with Crippen molar-refractivity contribution in [2.24, 2.45) is 0 Å². The summed E-state index contributed by atoms with van der Waals surface area (Å²) in [4.78, 5) is 0. The van der Waals surface area contributed by atoms with Crippen LogP contribution in [0.2, 0.25) is 5.02 Å². The second-order valence-electron chi connectivity index (χ2n) is 20.1. The lowest BCUT2D eigenvalue weighted by atomic mass is 9.79. The summed E-state index contributed by atoms with van der Waals surface area (Å²) < 4.78 is 0. The maximum atomic E-state index is 6.94. The molecule has 0 aliphatic rings. The molecule has 55 heavy (non-hydrogen) atoms. The fraction of sp³-hybridized carbons (Fsp3) is 0.296. The van der Waals surface area contributed by atoms with Gasteiger partial charge in [-0.1, -0.05) is 174 Å². The predicted molar refractivity (Wildman–Crippen MR) is 245 cm³/mol. The minimum atomic E-state index is -0.0191. The Labute approximate surface area is 333 Å². The molecular weight excluding hydrogens is 684 g/mol. The maximum absolute atomic E-state index is 6.94. The lowest BCUT2D eigenvalue weighted by molar-refractivity contribution is 0.589. The van der Waals surface area contributed by atoms with E-state index in [0.717, 1.165) is 5.02 Å². The summed E-state index contributed by atoms with van der Waals surface area (Å²) >= 11 is 6.94. The average Bonchev–Trinajstić information content (AvgIpc) is 3.11. The van der Waals surface area contributed by atoms with Gasteiger partial charge in [-0.15, -0.1) is 0 Å². The van der Waals surface area contributed by atoms with Gasteiger partial charge in [0.1, 0.15) is 0 Å². The van der Waals surface area contributed by atoms with E-state index in [-0.39, 0.29) is 21.7 Å². The van der Waals surface area contributed by atoms with Crippen LogP contribution in [0, 0.1) is 0 Å². The Bertz CT molecular complexity index is 2840. The molecule has 0 unspecified atom stereocenters. The van der Waals surface area contributed by atoms with Gasteiger partial charge in [-0.25, -0.2) is 0 Å². The summed E-state index contributed by atoms with van der Waals surface area (Å²) in [5, 5.41) is 13.3. The molecule has 0 N–H and O–H groups in total. The molecule has 8 aromatic rings. The van der Waals surface area contributed by atoms with Crippen LogP contribution in [0.25, 0.3) is 76.1 Å². The first-order valence-electron chi connectivity index (χ1n) is 19.9. The van der Waals surface area contributed by atoms with E-state index in [1.807, 2.05) is 0 Å². The number of fused-ring (bicyclic) bond motifs is 7. The number of halogens is 1. The predicted octanol–water partition coefficient (Wildman–Crippen LogP) is 16.6. The first kappa shape index (κ1) is 37.3. The van der Waals surface area contributed by atoms with Crippen molar-refractivity contribution in [3.8, 4) is 22.3 Å². The van der Waals surface area contributed by atoms with Crippen molar-refractivity contribution >= 4 is 65.5 Å². The number of rotatable bonds is 2. The minimum Gasteiger partial charge on any atom is -0.0843 e. The van der Waals surface area contributed by atoms with E-state index < -0.39 is 0 Å². The highest BCUT2D eigenvalue weighted by Gasteiger charge is 2.24. The van der Waals surface area contributed by atoms with Crippen molar-refractivity contribution < 1.29 is 0 Å². The van der Waals surface area contributed by atoms with E-state index in [4.69, 9.17) is 11.6 Å². The Balaban J connectivity index is 1.53. The molecule has 0 heterocycles. The zero-order chi connectivity index (χ0) is 39.4. The molecule has 0 saturated heterocycles. The van der Waals surface area contributed by atoms with Gasteiger partial charge in [0, 0.05) is 5.02 Å². The lowest BCUT2D eigenvalue weighted by Crippen LogP contribution is -2.12. The first-order chi connectivity index (χ1) is 25.7. The summed E-state index contributed by atoms with van der Waals surface area (Å²) in [6.07, 6.45) is 0. The zero-order valence-electron chi connectivity index (χ0n) is 34.8. The largest absolute Gasteiger partial charge is 0.0843 e. The van der Waals surface area contributed by atoms with Gasteiger partial charge in [-0.3, -0.25) is 0 Å². The van der Waals surface area contributed by atoms with E-state index in [2.05, 4.69) is 198 Å². The molecule has 0 radical (unpaired) electrons. The van der Waals surface area contributed by atoms with Crippen molar-refractivity contribution in [3.63, 3.8) is 0 Å². The number of hydrogen-bond acceptors (Lipinski definition) is 0. The fourth-order valence-electron chi connectivity index (χ4n) is 8.38. The van der Waals surface area contributed by atoms with Crippen LogP contribution >= 0.6 is 11.6 Å². The normalized spacial score (nSPS) is 13.2. The molecule has 0 aliphatic heterocycles. The molecule has 0 saturated carbocycles. The second-order valence-corrected chi connectivity index (χ2v) is 20.5. The highest BCUT2D eigenvalue weighted by Crippen LogP contribution is 2.47. The third-order valence-corrected chi connectivity index (χ3v) is 12.1. The minimum absolute atomic E-state index is 0.00609. The topological polar surface area (TPSA) is 0 Å². The van der Waals surface area contributed by atoms with Crippen LogP contribution in [-0.2, 0) is 21.7 Å². The van der Waals surface area contributed by atoms with Crippen LogP contribution in [0.3, 0.4) is 0 Å². The Morgan fingerprint density at radius 3 is 1.15 bits per heavy atom. The smallest absolute Gasteiger partial charge is 0.0412 e. The molecule has 8 aromatic carbocycles. The van der Waals surface area contributed by atoms with Gasteiger partial charge in [0.05, 0.1) is 0 Å². The SMILES string of the molecule is CC(C)(C)c1cc(-c2cc3c4ccc(Cl)cc4c(-c4cc(C(C)(C)C)cc5ccc(C(C)(C)C)cc45)cc3c3ccccc23)c2cc(C(C)(C)C)ccc2c1. The molecule has 8 rings (SSSR count). The van der Waals surface area contributed by atoms with Crippen molar-refractivity contribution in [3.05, 3.63) is 143 Å². The molecule has 0 amide bonds. The second kappa shape index (κ2) is 12.7. The van der Waals surface area contributed by atoms with Crippen LogP contribution in [0.4, 0.5) is 0 Å². The molecule has 0 bridgehead atoms.